The van der Waals surface area contributed by atoms with Gasteiger partial charge >= 0.3 is 0 Å². The van der Waals surface area contributed by atoms with Gasteiger partial charge in [0.15, 0.2) is 5.67 Å². The monoisotopic (exact) mass is 203 g/mol. The summed E-state index contributed by atoms with van der Waals surface area (Å²) in [7, 11) is 0. The van der Waals surface area contributed by atoms with Crippen LogP contribution in [0.3, 0.4) is 0 Å². The third-order valence-electron chi connectivity index (χ3n) is 2.46. The highest BCUT2D eigenvalue weighted by Crippen LogP contribution is 2.20. The van der Waals surface area contributed by atoms with Crippen molar-refractivity contribution in [3.63, 3.8) is 0 Å². The normalized spacial score (nSPS) is 33.1. The lowest BCUT2D eigenvalue weighted by Gasteiger charge is -2.20. The number of nitrogens with one attached hydrogen (secondary N) is 1. The number of carbonyl (C=O) groups excluding carboxylic acids is 1. The van der Waals surface area contributed by atoms with Crippen LogP contribution in [0.2, 0.25) is 0 Å². The second-order valence-electron chi connectivity index (χ2n) is 4.44. The maximum absolute atomic E-state index is 13.2. The third kappa shape index (κ3) is 2.67. The molecule has 1 heterocycles. The van der Waals surface area contributed by atoms with Crippen LogP contribution in [0, 0.1) is 0 Å². The van der Waals surface area contributed by atoms with E-state index in [4.69, 9.17) is 4.74 Å². The lowest BCUT2D eigenvalue weighted by atomic mass is 10.1. The minimum Gasteiger partial charge on any atom is -0.373 e. The first kappa shape index (κ1) is 11.4. The molecule has 1 rings (SSSR count). The van der Waals surface area contributed by atoms with Gasteiger partial charge in [-0.25, -0.2) is 4.39 Å². The Hall–Kier alpha value is -0.640. The predicted octanol–water partition coefficient (Wildman–Crippen LogP) is 1.42. The van der Waals surface area contributed by atoms with E-state index >= 15 is 0 Å². The van der Waals surface area contributed by atoms with Crippen LogP contribution in [0.5, 0.6) is 0 Å². The Morgan fingerprint density at radius 3 is 2.43 bits per heavy atom. The smallest absolute Gasteiger partial charge is 0.257 e. The van der Waals surface area contributed by atoms with E-state index in [1.807, 2.05) is 13.8 Å². The fourth-order valence-corrected chi connectivity index (χ4v) is 1.58. The zero-order valence-electron chi connectivity index (χ0n) is 9.13. The molecule has 3 nitrogen and oxygen atoms in total. The van der Waals surface area contributed by atoms with Gasteiger partial charge in [-0.3, -0.25) is 4.79 Å². The van der Waals surface area contributed by atoms with E-state index in [0.717, 1.165) is 6.42 Å². The van der Waals surface area contributed by atoms with Crippen molar-refractivity contribution in [2.24, 2.45) is 0 Å². The average Bonchev–Trinajstić information content (AvgIpc) is 2.28. The molecule has 82 valence electrons. The molecule has 1 N–H and O–H groups in total. The lowest BCUT2D eigenvalue weighted by Crippen LogP contribution is -2.46. The van der Waals surface area contributed by atoms with Gasteiger partial charge in [0.1, 0.15) is 0 Å². The molecule has 0 aromatic carbocycles. The van der Waals surface area contributed by atoms with Gasteiger partial charge in [0.25, 0.3) is 5.91 Å². The van der Waals surface area contributed by atoms with E-state index in [9.17, 15) is 9.18 Å². The van der Waals surface area contributed by atoms with Crippen molar-refractivity contribution in [2.45, 2.75) is 58.0 Å². The first-order valence-electron chi connectivity index (χ1n) is 4.96. The first-order valence-corrected chi connectivity index (χ1v) is 4.96. The number of ether oxygens (including phenoxy) is 1. The molecule has 4 heteroatoms. The van der Waals surface area contributed by atoms with Crippen LogP contribution in [0.1, 0.15) is 34.1 Å². The number of hydrogen-bond donors (Lipinski definition) is 1. The molecule has 0 aliphatic carbocycles. The van der Waals surface area contributed by atoms with Crippen molar-refractivity contribution in [1.29, 1.82) is 0 Å². The van der Waals surface area contributed by atoms with Gasteiger partial charge in [0, 0.05) is 0 Å². The van der Waals surface area contributed by atoms with E-state index in [1.54, 1.807) is 0 Å². The Balaban J connectivity index is 2.49. The summed E-state index contributed by atoms with van der Waals surface area (Å²) in [6.45, 7) is 6.35. The summed E-state index contributed by atoms with van der Waals surface area (Å²) >= 11 is 0. The molecule has 3 unspecified atom stereocenters. The summed E-state index contributed by atoms with van der Waals surface area (Å²) in [5.74, 6) is -0.563. The summed E-state index contributed by atoms with van der Waals surface area (Å²) in [5, 5.41) is 2.66. The van der Waals surface area contributed by atoms with Crippen LogP contribution in [0.15, 0.2) is 0 Å². The highest BCUT2D eigenvalue weighted by molar-refractivity contribution is 5.84. The highest BCUT2D eigenvalue weighted by Gasteiger charge is 2.35. The summed E-state index contributed by atoms with van der Waals surface area (Å²) in [5.41, 5.74) is -1.81. The Morgan fingerprint density at radius 1 is 1.50 bits per heavy atom. The van der Waals surface area contributed by atoms with Crippen LogP contribution in [0.25, 0.3) is 0 Å². The van der Waals surface area contributed by atoms with Gasteiger partial charge in [-0.2, -0.15) is 0 Å². The molecular weight excluding hydrogens is 185 g/mol. The standard InChI is InChI=1S/C10H18FNO2/c1-6-5-8(7(2)14-6)12-9(13)10(3,4)11/h6-8H,5H2,1-4H3,(H,12,13). The van der Waals surface area contributed by atoms with Crippen molar-refractivity contribution in [3.8, 4) is 0 Å². The third-order valence-corrected chi connectivity index (χ3v) is 2.46. The molecule has 0 aromatic heterocycles. The van der Waals surface area contributed by atoms with Crippen LogP contribution in [0.4, 0.5) is 4.39 Å². The Morgan fingerprint density at radius 2 is 2.07 bits per heavy atom. The molecule has 3 atom stereocenters. The van der Waals surface area contributed by atoms with Gasteiger partial charge < -0.3 is 10.1 Å². The Labute approximate surface area is 84.0 Å². The number of hydrogen-bond acceptors (Lipinski definition) is 2. The van der Waals surface area contributed by atoms with Crippen LogP contribution < -0.4 is 5.32 Å². The lowest BCUT2D eigenvalue weighted by molar-refractivity contribution is -0.131. The summed E-state index contributed by atoms with van der Waals surface area (Å²) < 4.78 is 18.7. The van der Waals surface area contributed by atoms with Crippen LogP contribution in [-0.2, 0) is 9.53 Å². The van der Waals surface area contributed by atoms with Gasteiger partial charge in [-0.15, -0.1) is 0 Å². The SMILES string of the molecule is CC1CC(NC(=O)C(C)(C)F)C(C)O1. The van der Waals surface area contributed by atoms with E-state index in [-0.39, 0.29) is 18.2 Å². The zero-order valence-corrected chi connectivity index (χ0v) is 9.13. The summed E-state index contributed by atoms with van der Waals surface area (Å²) in [6, 6.07) is -0.0625. The van der Waals surface area contributed by atoms with E-state index in [1.165, 1.54) is 13.8 Å². The van der Waals surface area contributed by atoms with Crippen molar-refractivity contribution in [3.05, 3.63) is 0 Å². The minimum atomic E-state index is -1.81. The van der Waals surface area contributed by atoms with E-state index < -0.39 is 11.6 Å². The number of amides is 1. The van der Waals surface area contributed by atoms with Crippen LogP contribution >= 0.6 is 0 Å². The highest BCUT2D eigenvalue weighted by atomic mass is 19.1. The zero-order chi connectivity index (χ0) is 10.9. The second kappa shape index (κ2) is 3.85. The molecular formula is C10H18FNO2. The molecule has 0 saturated carbocycles. The molecule has 1 aliphatic heterocycles. The predicted molar refractivity (Wildman–Crippen MR) is 51.7 cm³/mol. The largest absolute Gasteiger partial charge is 0.373 e. The molecule has 1 saturated heterocycles. The van der Waals surface area contributed by atoms with Crippen molar-refractivity contribution in [1.82, 2.24) is 5.32 Å². The molecule has 14 heavy (non-hydrogen) atoms. The van der Waals surface area contributed by atoms with Crippen LogP contribution in [-0.4, -0.2) is 29.8 Å². The van der Waals surface area contributed by atoms with E-state index in [2.05, 4.69) is 5.32 Å². The summed E-state index contributed by atoms with van der Waals surface area (Å²) in [6.07, 6.45) is 0.859. The molecule has 0 spiro atoms. The topological polar surface area (TPSA) is 38.3 Å². The maximum Gasteiger partial charge on any atom is 0.257 e. The fourth-order valence-electron chi connectivity index (χ4n) is 1.58. The van der Waals surface area contributed by atoms with Gasteiger partial charge in [0.2, 0.25) is 0 Å². The van der Waals surface area contributed by atoms with Crippen molar-refractivity contribution >= 4 is 5.91 Å². The summed E-state index contributed by atoms with van der Waals surface area (Å²) in [4.78, 5) is 11.3. The molecule has 0 bridgehead atoms. The quantitative estimate of drug-likeness (QED) is 0.737. The number of rotatable bonds is 2. The van der Waals surface area contributed by atoms with Crippen molar-refractivity contribution < 1.29 is 13.9 Å². The number of halogens is 1. The maximum atomic E-state index is 13.2. The molecule has 1 fully saturated rings. The van der Waals surface area contributed by atoms with Gasteiger partial charge in [0.05, 0.1) is 18.2 Å². The molecule has 1 amide bonds. The Kier molecular flexibility index (Phi) is 3.14. The van der Waals surface area contributed by atoms with Crippen molar-refractivity contribution in [2.75, 3.05) is 0 Å². The average molecular weight is 203 g/mol. The minimum absolute atomic E-state index is 0.0312. The fraction of sp³-hybridized carbons (Fsp3) is 0.900. The number of carbonyl (C=O) groups is 1. The van der Waals surface area contributed by atoms with E-state index in [0.29, 0.717) is 0 Å². The molecule has 0 aromatic rings. The number of alkyl halides is 1. The molecule has 1 aliphatic rings. The second-order valence-corrected chi connectivity index (χ2v) is 4.44. The van der Waals surface area contributed by atoms with Gasteiger partial charge in [-0.1, -0.05) is 0 Å². The first-order chi connectivity index (χ1) is 6.30. The Bertz CT molecular complexity index is 225. The van der Waals surface area contributed by atoms with Gasteiger partial charge in [-0.05, 0) is 34.1 Å². The molecule has 0 radical (unpaired) electrons.